The molecule has 2 aromatic carbocycles. The first kappa shape index (κ1) is 14.9. The van der Waals surface area contributed by atoms with Gasteiger partial charge in [0.25, 0.3) is 0 Å². The van der Waals surface area contributed by atoms with E-state index in [2.05, 4.69) is 0 Å². The first-order chi connectivity index (χ1) is 10.1. The third-order valence-corrected chi connectivity index (χ3v) is 3.03. The van der Waals surface area contributed by atoms with Gasteiger partial charge in [-0.3, -0.25) is 0 Å². The van der Waals surface area contributed by atoms with E-state index in [1.54, 1.807) is 30.3 Å². The quantitative estimate of drug-likeness (QED) is 0.854. The van der Waals surface area contributed by atoms with E-state index in [9.17, 15) is 4.79 Å². The van der Waals surface area contributed by atoms with E-state index in [1.807, 2.05) is 0 Å². The topological polar surface area (TPSA) is 76.0 Å². The van der Waals surface area contributed by atoms with Crippen LogP contribution in [0, 0.1) is 0 Å². The first-order valence-electron chi connectivity index (χ1n) is 6.37. The van der Waals surface area contributed by atoms with Gasteiger partial charge in [0.1, 0.15) is 18.1 Å². The van der Waals surface area contributed by atoms with Gasteiger partial charge in [0, 0.05) is 5.56 Å². The second-order valence-corrected chi connectivity index (χ2v) is 4.42. The van der Waals surface area contributed by atoms with Crippen molar-refractivity contribution in [1.29, 1.82) is 0 Å². The molecular formula is C16H16O5. The highest BCUT2D eigenvalue weighted by atomic mass is 16.5. The van der Waals surface area contributed by atoms with Crippen molar-refractivity contribution in [3.63, 3.8) is 0 Å². The van der Waals surface area contributed by atoms with Crippen LogP contribution in [0.25, 0.3) is 0 Å². The minimum Gasteiger partial charge on any atom is -0.496 e. The second-order valence-electron chi connectivity index (χ2n) is 4.42. The summed E-state index contributed by atoms with van der Waals surface area (Å²) in [5, 5.41) is 18.0. The zero-order valence-electron chi connectivity index (χ0n) is 11.6. The average Bonchev–Trinajstić information content (AvgIpc) is 2.53. The highest BCUT2D eigenvalue weighted by molar-refractivity contribution is 5.88. The molecule has 0 radical (unpaired) electrons. The van der Waals surface area contributed by atoms with Gasteiger partial charge in [-0.1, -0.05) is 12.1 Å². The number of methoxy groups -OCH3 is 1. The lowest BCUT2D eigenvalue weighted by molar-refractivity contribution is 0.0696. The SMILES string of the molecule is COc1ccc(C(=O)O)cc1COc1ccc(CO)cc1. The number of hydrogen-bond acceptors (Lipinski definition) is 4. The standard InChI is InChI=1S/C16H16O5/c1-20-15-7-4-12(16(18)19)8-13(15)10-21-14-5-2-11(9-17)3-6-14/h2-8,17H,9-10H2,1H3,(H,18,19). The summed E-state index contributed by atoms with van der Waals surface area (Å²) in [5.41, 5.74) is 1.64. The van der Waals surface area contributed by atoms with Crippen LogP contribution in [-0.2, 0) is 13.2 Å². The molecule has 0 aliphatic rings. The summed E-state index contributed by atoms with van der Waals surface area (Å²) in [6.45, 7) is 0.178. The predicted octanol–water partition coefficient (Wildman–Crippen LogP) is 2.46. The van der Waals surface area contributed by atoms with Gasteiger partial charge < -0.3 is 19.7 Å². The zero-order valence-corrected chi connectivity index (χ0v) is 11.6. The number of aliphatic hydroxyl groups is 1. The van der Waals surface area contributed by atoms with Crippen molar-refractivity contribution >= 4 is 5.97 Å². The van der Waals surface area contributed by atoms with E-state index in [0.29, 0.717) is 17.1 Å². The molecule has 0 atom stereocenters. The molecule has 0 spiro atoms. The van der Waals surface area contributed by atoms with E-state index in [0.717, 1.165) is 5.56 Å². The van der Waals surface area contributed by atoms with Crippen LogP contribution in [0.1, 0.15) is 21.5 Å². The highest BCUT2D eigenvalue weighted by Gasteiger charge is 2.09. The first-order valence-corrected chi connectivity index (χ1v) is 6.37. The Morgan fingerprint density at radius 3 is 2.43 bits per heavy atom. The Bertz CT molecular complexity index is 619. The Kier molecular flexibility index (Phi) is 4.79. The second kappa shape index (κ2) is 6.76. The van der Waals surface area contributed by atoms with Crippen LogP contribution < -0.4 is 9.47 Å². The molecule has 21 heavy (non-hydrogen) atoms. The Morgan fingerprint density at radius 2 is 1.86 bits per heavy atom. The fraction of sp³-hybridized carbons (Fsp3) is 0.188. The molecule has 5 heteroatoms. The summed E-state index contributed by atoms with van der Waals surface area (Å²) in [6, 6.07) is 11.7. The minimum absolute atomic E-state index is 0.0191. The van der Waals surface area contributed by atoms with E-state index >= 15 is 0 Å². The van der Waals surface area contributed by atoms with Crippen LogP contribution in [0.4, 0.5) is 0 Å². The van der Waals surface area contributed by atoms with Crippen molar-refractivity contribution in [2.75, 3.05) is 7.11 Å². The Balaban J connectivity index is 2.13. The normalized spacial score (nSPS) is 10.2. The van der Waals surface area contributed by atoms with Crippen molar-refractivity contribution in [2.45, 2.75) is 13.2 Å². The number of ether oxygens (including phenoxy) is 2. The summed E-state index contributed by atoms with van der Waals surface area (Å²) in [5.74, 6) is 0.216. The van der Waals surface area contributed by atoms with E-state index in [-0.39, 0.29) is 18.8 Å². The van der Waals surface area contributed by atoms with Crippen LogP contribution in [0.2, 0.25) is 0 Å². The molecule has 110 valence electrons. The maximum absolute atomic E-state index is 11.0. The maximum atomic E-state index is 11.0. The maximum Gasteiger partial charge on any atom is 0.335 e. The third-order valence-electron chi connectivity index (χ3n) is 3.03. The van der Waals surface area contributed by atoms with E-state index in [4.69, 9.17) is 19.7 Å². The number of carbonyl (C=O) groups is 1. The van der Waals surface area contributed by atoms with Gasteiger partial charge in [0.15, 0.2) is 0 Å². The van der Waals surface area contributed by atoms with Crippen LogP contribution in [0.3, 0.4) is 0 Å². The van der Waals surface area contributed by atoms with Gasteiger partial charge >= 0.3 is 5.97 Å². The van der Waals surface area contributed by atoms with Crippen LogP contribution >= 0.6 is 0 Å². The fourth-order valence-corrected chi connectivity index (χ4v) is 1.88. The largest absolute Gasteiger partial charge is 0.496 e. The minimum atomic E-state index is -0.994. The molecule has 0 bridgehead atoms. The number of carboxylic acids is 1. The molecule has 0 unspecified atom stereocenters. The summed E-state index contributed by atoms with van der Waals surface area (Å²) in [4.78, 5) is 11.0. The third kappa shape index (κ3) is 3.73. The van der Waals surface area contributed by atoms with Crippen LogP contribution in [-0.4, -0.2) is 23.3 Å². The number of aliphatic hydroxyl groups excluding tert-OH is 1. The van der Waals surface area contributed by atoms with E-state index in [1.165, 1.54) is 19.2 Å². The Morgan fingerprint density at radius 1 is 1.14 bits per heavy atom. The number of benzene rings is 2. The van der Waals surface area contributed by atoms with Gasteiger partial charge in [-0.2, -0.15) is 0 Å². The number of rotatable bonds is 6. The molecule has 0 amide bonds. The lowest BCUT2D eigenvalue weighted by Crippen LogP contribution is -2.03. The predicted molar refractivity (Wildman–Crippen MR) is 76.7 cm³/mol. The molecule has 0 aliphatic carbocycles. The number of carboxylic acid groups (broad SMARTS) is 1. The molecule has 0 saturated heterocycles. The Hall–Kier alpha value is -2.53. The lowest BCUT2D eigenvalue weighted by atomic mass is 10.1. The Labute approximate surface area is 122 Å². The van der Waals surface area contributed by atoms with Crippen LogP contribution in [0.15, 0.2) is 42.5 Å². The summed E-state index contributed by atoms with van der Waals surface area (Å²) >= 11 is 0. The van der Waals surface area contributed by atoms with Gasteiger partial charge in [-0.25, -0.2) is 4.79 Å². The van der Waals surface area contributed by atoms with Crippen molar-refractivity contribution in [3.8, 4) is 11.5 Å². The fourth-order valence-electron chi connectivity index (χ4n) is 1.88. The molecular weight excluding hydrogens is 272 g/mol. The summed E-state index contributed by atoms with van der Waals surface area (Å²) < 4.78 is 10.8. The van der Waals surface area contributed by atoms with Crippen molar-refractivity contribution < 1.29 is 24.5 Å². The molecule has 2 rings (SSSR count). The van der Waals surface area contributed by atoms with Gasteiger partial charge in [-0.05, 0) is 35.9 Å². The zero-order chi connectivity index (χ0) is 15.2. The molecule has 2 aromatic rings. The highest BCUT2D eigenvalue weighted by Crippen LogP contribution is 2.22. The van der Waals surface area contributed by atoms with Gasteiger partial charge in [-0.15, -0.1) is 0 Å². The molecule has 0 aliphatic heterocycles. The average molecular weight is 288 g/mol. The summed E-state index contributed by atoms with van der Waals surface area (Å²) in [7, 11) is 1.52. The smallest absolute Gasteiger partial charge is 0.335 e. The molecule has 5 nitrogen and oxygen atoms in total. The van der Waals surface area contributed by atoms with Crippen molar-refractivity contribution in [1.82, 2.24) is 0 Å². The number of hydrogen-bond donors (Lipinski definition) is 2. The van der Waals surface area contributed by atoms with Crippen molar-refractivity contribution in [2.24, 2.45) is 0 Å². The molecule has 0 heterocycles. The van der Waals surface area contributed by atoms with Crippen LogP contribution in [0.5, 0.6) is 11.5 Å². The number of aromatic carboxylic acids is 1. The molecule has 2 N–H and O–H groups in total. The molecule has 0 fully saturated rings. The molecule has 0 aromatic heterocycles. The van der Waals surface area contributed by atoms with Gasteiger partial charge in [0.05, 0.1) is 19.3 Å². The lowest BCUT2D eigenvalue weighted by Gasteiger charge is -2.11. The van der Waals surface area contributed by atoms with Crippen molar-refractivity contribution in [3.05, 3.63) is 59.2 Å². The summed E-state index contributed by atoms with van der Waals surface area (Å²) in [6.07, 6.45) is 0. The van der Waals surface area contributed by atoms with E-state index < -0.39 is 5.97 Å². The van der Waals surface area contributed by atoms with Gasteiger partial charge in [0.2, 0.25) is 0 Å². The monoisotopic (exact) mass is 288 g/mol. The molecule has 0 saturated carbocycles.